The topological polar surface area (TPSA) is 85.4 Å². The lowest BCUT2D eigenvalue weighted by Crippen LogP contribution is -2.43. The van der Waals surface area contributed by atoms with E-state index in [1.54, 1.807) is 0 Å². The van der Waals surface area contributed by atoms with Crippen LogP contribution in [0.2, 0.25) is 0 Å². The number of hydrogen-bond donors (Lipinski definition) is 3. The Balaban J connectivity index is 1.58. The first-order chi connectivity index (χ1) is 20.7. The van der Waals surface area contributed by atoms with E-state index in [-0.39, 0.29) is 18.3 Å². The number of anilines is 3. The number of benzene rings is 3. The third-order valence-electron chi connectivity index (χ3n) is 7.23. The molecule has 43 heavy (non-hydrogen) atoms. The highest BCUT2D eigenvalue weighted by Crippen LogP contribution is 2.39. The molecule has 3 aromatic carbocycles. The zero-order chi connectivity index (χ0) is 30.5. The van der Waals surface area contributed by atoms with E-state index in [1.165, 1.54) is 6.07 Å². The van der Waals surface area contributed by atoms with Crippen molar-refractivity contribution < 1.29 is 13.6 Å². The van der Waals surface area contributed by atoms with Gasteiger partial charge >= 0.3 is 6.03 Å². The van der Waals surface area contributed by atoms with Crippen LogP contribution in [-0.2, 0) is 13.1 Å². The number of aryl methyl sites for hydroxylation is 1. The average Bonchev–Trinajstić information content (AvgIpc) is 2.99. The maximum absolute atomic E-state index is 15.0. The van der Waals surface area contributed by atoms with Gasteiger partial charge in [-0.1, -0.05) is 55.1 Å². The molecular weight excluding hydrogens is 548 g/mol. The molecule has 1 aromatic heterocycles. The Bertz CT molecular complexity index is 1620. The minimum Gasteiger partial charge on any atom is -0.381 e. The number of fused-ring (bicyclic) bond motifs is 1. The summed E-state index contributed by atoms with van der Waals surface area (Å²) in [6.45, 7) is 8.33. The Labute approximate surface area is 250 Å². The standard InChI is InChI=1S/C33H35F2N7O/c1-21-14-15-24(22(2)37-19-23-10-6-5-7-11-23)18-25(21)29-26-20-38-33(43)42(30-27(34)12-8-13-28(30)35)31(26)40-32(39-29)36-16-9-17-41(3)4/h5-8,10-15,18,37H,2,9,16-17,19-20H2,1,3-4H3,(H,38,43)(H,36,39,40). The SMILES string of the molecule is C=C(NCc1ccccc1)c1ccc(C)c(-c2nc(NCCCN(C)C)nc3c2CNC(=O)N3c2c(F)cccc2F)c1. The van der Waals surface area contributed by atoms with Crippen molar-refractivity contribution in [1.29, 1.82) is 0 Å². The van der Waals surface area contributed by atoms with E-state index in [0.29, 0.717) is 24.3 Å². The molecule has 222 valence electrons. The Kier molecular flexibility index (Phi) is 8.96. The molecule has 3 N–H and O–H groups in total. The van der Waals surface area contributed by atoms with Gasteiger partial charge in [-0.3, -0.25) is 0 Å². The summed E-state index contributed by atoms with van der Waals surface area (Å²) < 4.78 is 30.0. The van der Waals surface area contributed by atoms with Crippen LogP contribution in [0.15, 0.2) is 73.3 Å². The molecule has 0 radical (unpaired) electrons. The summed E-state index contributed by atoms with van der Waals surface area (Å²) in [5.41, 5.74) is 5.05. The minimum atomic E-state index is -0.873. The number of carbonyl (C=O) groups excluding carboxylic acids is 1. The van der Waals surface area contributed by atoms with Crippen LogP contribution in [-0.4, -0.2) is 48.1 Å². The lowest BCUT2D eigenvalue weighted by atomic mass is 9.97. The number of aromatic nitrogens is 2. The molecule has 0 saturated carbocycles. The maximum Gasteiger partial charge on any atom is 0.328 e. The first-order valence-corrected chi connectivity index (χ1v) is 14.1. The molecule has 5 rings (SSSR count). The van der Waals surface area contributed by atoms with Crippen molar-refractivity contribution in [3.05, 3.63) is 107 Å². The highest BCUT2D eigenvalue weighted by atomic mass is 19.1. The number of urea groups is 1. The summed E-state index contributed by atoms with van der Waals surface area (Å²) in [7, 11) is 3.98. The van der Waals surface area contributed by atoms with Gasteiger partial charge in [-0.05, 0) is 68.9 Å². The lowest BCUT2D eigenvalue weighted by Gasteiger charge is -2.31. The quantitative estimate of drug-likeness (QED) is 0.182. The van der Waals surface area contributed by atoms with Gasteiger partial charge in [0.05, 0.1) is 12.2 Å². The summed E-state index contributed by atoms with van der Waals surface area (Å²) in [5, 5.41) is 9.38. The second-order valence-corrected chi connectivity index (χ2v) is 10.7. The van der Waals surface area contributed by atoms with Crippen molar-refractivity contribution in [2.75, 3.05) is 37.4 Å². The van der Waals surface area contributed by atoms with Crippen molar-refractivity contribution in [1.82, 2.24) is 25.5 Å². The van der Waals surface area contributed by atoms with Crippen LogP contribution in [0.25, 0.3) is 17.0 Å². The third-order valence-corrected chi connectivity index (χ3v) is 7.23. The van der Waals surface area contributed by atoms with Gasteiger partial charge in [0.2, 0.25) is 5.95 Å². The molecule has 2 amide bonds. The fourth-order valence-electron chi connectivity index (χ4n) is 4.94. The lowest BCUT2D eigenvalue weighted by molar-refractivity contribution is 0.246. The molecule has 0 saturated heterocycles. The molecule has 1 aliphatic rings. The van der Waals surface area contributed by atoms with E-state index in [9.17, 15) is 4.79 Å². The summed E-state index contributed by atoms with van der Waals surface area (Å²) in [6, 6.07) is 18.8. The second kappa shape index (κ2) is 13.0. The minimum absolute atomic E-state index is 0.0911. The van der Waals surface area contributed by atoms with Crippen molar-refractivity contribution in [2.24, 2.45) is 0 Å². The van der Waals surface area contributed by atoms with Crippen molar-refractivity contribution >= 4 is 29.2 Å². The van der Waals surface area contributed by atoms with Gasteiger partial charge in [-0.15, -0.1) is 0 Å². The highest BCUT2D eigenvalue weighted by molar-refractivity contribution is 6.02. The molecule has 4 aromatic rings. The van der Waals surface area contributed by atoms with Crippen LogP contribution in [0.4, 0.5) is 31.0 Å². The number of carbonyl (C=O) groups is 1. The van der Waals surface area contributed by atoms with Crippen molar-refractivity contribution in [3.63, 3.8) is 0 Å². The number of nitrogens with one attached hydrogen (secondary N) is 3. The molecule has 0 fully saturated rings. The zero-order valence-corrected chi connectivity index (χ0v) is 24.5. The Morgan fingerprint density at radius 1 is 1.05 bits per heavy atom. The number of halogens is 2. The smallest absolute Gasteiger partial charge is 0.328 e. The summed E-state index contributed by atoms with van der Waals surface area (Å²) in [5.74, 6) is -1.36. The molecular formula is C33H35F2N7O. The molecule has 8 nitrogen and oxygen atoms in total. The van der Waals surface area contributed by atoms with Crippen LogP contribution in [0, 0.1) is 18.6 Å². The van der Waals surface area contributed by atoms with Crippen LogP contribution in [0.3, 0.4) is 0 Å². The van der Waals surface area contributed by atoms with Crippen LogP contribution in [0.1, 0.15) is 28.7 Å². The summed E-state index contributed by atoms with van der Waals surface area (Å²) >= 11 is 0. The predicted octanol–water partition coefficient (Wildman–Crippen LogP) is 6.22. The summed E-state index contributed by atoms with van der Waals surface area (Å²) in [4.78, 5) is 25.7. The highest BCUT2D eigenvalue weighted by Gasteiger charge is 2.34. The first kappa shape index (κ1) is 29.7. The number of rotatable bonds is 11. The van der Waals surface area contributed by atoms with Gasteiger partial charge < -0.3 is 20.9 Å². The van der Waals surface area contributed by atoms with E-state index in [4.69, 9.17) is 4.98 Å². The van der Waals surface area contributed by atoms with Crippen LogP contribution in [0.5, 0.6) is 0 Å². The Morgan fingerprint density at radius 2 is 1.79 bits per heavy atom. The summed E-state index contributed by atoms with van der Waals surface area (Å²) in [6.07, 6.45) is 0.816. The van der Waals surface area contributed by atoms with Crippen molar-refractivity contribution in [2.45, 2.75) is 26.4 Å². The van der Waals surface area contributed by atoms with Gasteiger partial charge in [0, 0.05) is 29.9 Å². The molecule has 0 spiro atoms. The van der Waals surface area contributed by atoms with Gasteiger partial charge in [-0.2, -0.15) is 4.98 Å². The second-order valence-electron chi connectivity index (χ2n) is 10.7. The van der Waals surface area contributed by atoms with Gasteiger partial charge in [0.1, 0.15) is 17.3 Å². The molecule has 10 heteroatoms. The normalized spacial score (nSPS) is 12.6. The van der Waals surface area contributed by atoms with Crippen LogP contribution >= 0.6 is 0 Å². The molecule has 0 bridgehead atoms. The molecule has 0 aliphatic carbocycles. The number of hydrogen-bond acceptors (Lipinski definition) is 6. The molecule has 2 heterocycles. The maximum atomic E-state index is 15.0. The van der Waals surface area contributed by atoms with E-state index in [0.717, 1.165) is 57.9 Å². The van der Waals surface area contributed by atoms with Gasteiger partial charge in [0.25, 0.3) is 0 Å². The Morgan fingerprint density at radius 3 is 2.51 bits per heavy atom. The van der Waals surface area contributed by atoms with E-state index in [2.05, 4.69) is 32.4 Å². The molecule has 0 atom stereocenters. The van der Waals surface area contributed by atoms with E-state index in [1.807, 2.05) is 69.6 Å². The van der Waals surface area contributed by atoms with Gasteiger partial charge in [0.15, 0.2) is 5.82 Å². The first-order valence-electron chi connectivity index (χ1n) is 14.1. The van der Waals surface area contributed by atoms with Crippen LogP contribution < -0.4 is 20.9 Å². The monoisotopic (exact) mass is 583 g/mol. The fraction of sp³-hybridized carbons (Fsp3) is 0.242. The molecule has 0 unspecified atom stereocenters. The largest absolute Gasteiger partial charge is 0.381 e. The Hall–Kier alpha value is -4.83. The fourth-order valence-corrected chi connectivity index (χ4v) is 4.94. The number of nitrogens with zero attached hydrogens (tertiary/aromatic N) is 4. The zero-order valence-electron chi connectivity index (χ0n) is 24.5. The molecule has 1 aliphatic heterocycles. The third kappa shape index (κ3) is 6.65. The number of para-hydroxylation sites is 1. The number of amides is 2. The van der Waals surface area contributed by atoms with E-state index >= 15 is 8.78 Å². The van der Waals surface area contributed by atoms with E-state index < -0.39 is 23.4 Å². The van der Waals surface area contributed by atoms with Crippen molar-refractivity contribution in [3.8, 4) is 11.3 Å². The predicted molar refractivity (Wildman–Crippen MR) is 167 cm³/mol. The van der Waals surface area contributed by atoms with Gasteiger partial charge in [-0.25, -0.2) is 23.5 Å². The average molecular weight is 584 g/mol.